The largest absolute Gasteiger partial charge is 0.481 e. The number of hydrogen-bond acceptors (Lipinski definition) is 5. The van der Waals surface area contributed by atoms with Crippen molar-refractivity contribution in [1.82, 2.24) is 15.2 Å². The van der Waals surface area contributed by atoms with E-state index in [4.69, 9.17) is 9.84 Å². The van der Waals surface area contributed by atoms with E-state index in [-0.39, 0.29) is 16.9 Å². The van der Waals surface area contributed by atoms with E-state index in [1.54, 1.807) is 19.4 Å². The van der Waals surface area contributed by atoms with Gasteiger partial charge in [-0.25, -0.2) is 9.78 Å². The molecule has 0 saturated heterocycles. The minimum absolute atomic E-state index is 0.151. The molecule has 1 aliphatic carbocycles. The highest BCUT2D eigenvalue weighted by Crippen LogP contribution is 2.49. The highest BCUT2D eigenvalue weighted by Gasteiger charge is 2.33. The number of nitrogens with one attached hydrogen (secondary N) is 1. The molecule has 2 N–H and O–H groups in total. The summed E-state index contributed by atoms with van der Waals surface area (Å²) in [6, 6.07) is 15.1. The molecule has 1 aliphatic rings. The van der Waals surface area contributed by atoms with Crippen molar-refractivity contribution in [3.05, 3.63) is 94.1 Å². The molecule has 184 valence electrons. The number of aromatic amines is 1. The van der Waals surface area contributed by atoms with E-state index in [2.05, 4.69) is 21.3 Å². The van der Waals surface area contributed by atoms with Gasteiger partial charge in [0.2, 0.25) is 11.8 Å². The summed E-state index contributed by atoms with van der Waals surface area (Å²) in [4.78, 5) is 15.4. The van der Waals surface area contributed by atoms with Crippen LogP contribution in [-0.2, 0) is 4.79 Å². The third-order valence-electron chi connectivity index (χ3n) is 6.52. The van der Waals surface area contributed by atoms with Crippen LogP contribution in [0.25, 0.3) is 28.1 Å². The van der Waals surface area contributed by atoms with Crippen LogP contribution in [0.3, 0.4) is 0 Å². The van der Waals surface area contributed by atoms with E-state index >= 15 is 0 Å². The number of hydrogen-bond donors (Lipinski definition) is 2. The van der Waals surface area contributed by atoms with Crippen molar-refractivity contribution < 1.29 is 19.0 Å². The van der Waals surface area contributed by atoms with Crippen LogP contribution in [-0.4, -0.2) is 33.4 Å². The van der Waals surface area contributed by atoms with Gasteiger partial charge in [0.15, 0.2) is 0 Å². The molecule has 1 fully saturated rings. The SMILES string of the molecule is COc1cc(C)c(C(=C(c2ccc(C=CC(=O)O)cc2)c2ccc3[nH]nc(F)c3c2C#N)C2CC2)cn1. The number of carbonyl (C=O) groups is 1. The van der Waals surface area contributed by atoms with Gasteiger partial charge in [-0.2, -0.15) is 9.65 Å². The number of aromatic nitrogens is 3. The molecule has 0 amide bonds. The number of aryl methyl sites for hydroxylation is 1. The van der Waals surface area contributed by atoms with E-state index in [0.717, 1.165) is 52.3 Å². The molecule has 2 heterocycles. The predicted molar refractivity (Wildman–Crippen MR) is 138 cm³/mol. The third-order valence-corrected chi connectivity index (χ3v) is 6.52. The molecule has 37 heavy (non-hydrogen) atoms. The summed E-state index contributed by atoms with van der Waals surface area (Å²) >= 11 is 0. The monoisotopic (exact) mass is 494 g/mol. The van der Waals surface area contributed by atoms with Crippen LogP contribution in [0.4, 0.5) is 4.39 Å². The molecular weight excluding hydrogens is 471 g/mol. The second-order valence-electron chi connectivity index (χ2n) is 8.94. The zero-order chi connectivity index (χ0) is 26.1. The third kappa shape index (κ3) is 4.59. The quantitative estimate of drug-likeness (QED) is 0.316. The summed E-state index contributed by atoms with van der Waals surface area (Å²) in [6.07, 6.45) is 6.34. The average molecular weight is 495 g/mol. The van der Waals surface area contributed by atoms with Gasteiger partial charge in [0, 0.05) is 29.5 Å². The number of pyridine rings is 1. The van der Waals surface area contributed by atoms with Gasteiger partial charge in [-0.1, -0.05) is 30.3 Å². The fraction of sp³-hybridized carbons (Fsp3) is 0.172. The topological polar surface area (TPSA) is 112 Å². The normalized spacial score (nSPS) is 14.0. The first-order valence-electron chi connectivity index (χ1n) is 11.7. The van der Waals surface area contributed by atoms with E-state index in [1.807, 2.05) is 43.3 Å². The number of halogens is 1. The number of aliphatic carboxylic acids is 1. The first kappa shape index (κ1) is 23.9. The van der Waals surface area contributed by atoms with Crippen molar-refractivity contribution in [2.45, 2.75) is 19.8 Å². The lowest BCUT2D eigenvalue weighted by Crippen LogP contribution is -2.03. The van der Waals surface area contributed by atoms with Crippen molar-refractivity contribution in [1.29, 1.82) is 5.26 Å². The first-order valence-corrected chi connectivity index (χ1v) is 11.7. The zero-order valence-corrected chi connectivity index (χ0v) is 20.2. The lowest BCUT2D eigenvalue weighted by atomic mass is 9.83. The summed E-state index contributed by atoms with van der Waals surface area (Å²) in [5.74, 6) is -1.01. The van der Waals surface area contributed by atoms with Crippen molar-refractivity contribution in [3.8, 4) is 11.9 Å². The average Bonchev–Trinajstić information content (AvgIpc) is 3.68. The molecule has 0 spiro atoms. The number of allylic oxidation sites excluding steroid dienone is 1. The summed E-state index contributed by atoms with van der Waals surface area (Å²) in [5, 5.41) is 25.6. The maximum absolute atomic E-state index is 14.7. The van der Waals surface area contributed by atoms with Gasteiger partial charge in [0.05, 0.1) is 23.6 Å². The lowest BCUT2D eigenvalue weighted by Gasteiger charge is -2.20. The molecule has 5 rings (SSSR count). The van der Waals surface area contributed by atoms with Gasteiger partial charge in [-0.15, -0.1) is 5.10 Å². The minimum atomic E-state index is -1.03. The molecule has 0 atom stereocenters. The maximum Gasteiger partial charge on any atom is 0.328 e. The van der Waals surface area contributed by atoms with E-state index in [9.17, 15) is 14.4 Å². The van der Waals surface area contributed by atoms with Crippen LogP contribution >= 0.6 is 0 Å². The van der Waals surface area contributed by atoms with Crippen LogP contribution in [0, 0.1) is 30.1 Å². The number of rotatable bonds is 7. The Bertz CT molecular complexity index is 1620. The fourth-order valence-electron chi connectivity index (χ4n) is 4.64. The number of H-pyrrole nitrogens is 1. The molecule has 2 aromatic heterocycles. The number of carboxylic acids is 1. The number of methoxy groups -OCH3 is 1. The Labute approximate surface area is 212 Å². The number of fused-ring (bicyclic) bond motifs is 1. The van der Waals surface area contributed by atoms with Gasteiger partial charge in [-0.3, -0.25) is 5.10 Å². The molecule has 7 nitrogen and oxygen atoms in total. The van der Waals surface area contributed by atoms with Gasteiger partial charge in [-0.05, 0) is 65.7 Å². The Balaban J connectivity index is 1.82. The Hall–Kier alpha value is -4.77. The summed E-state index contributed by atoms with van der Waals surface area (Å²) in [5.41, 5.74) is 6.54. The predicted octanol–water partition coefficient (Wildman–Crippen LogP) is 5.75. The summed E-state index contributed by atoms with van der Waals surface area (Å²) in [6.45, 7) is 1.99. The van der Waals surface area contributed by atoms with E-state index < -0.39 is 11.9 Å². The van der Waals surface area contributed by atoms with Gasteiger partial charge in [0.1, 0.15) is 6.07 Å². The van der Waals surface area contributed by atoms with Gasteiger partial charge < -0.3 is 9.84 Å². The second-order valence-corrected chi connectivity index (χ2v) is 8.94. The van der Waals surface area contributed by atoms with Crippen molar-refractivity contribution in [2.24, 2.45) is 5.92 Å². The Morgan fingerprint density at radius 2 is 1.97 bits per heavy atom. The van der Waals surface area contributed by atoms with Crippen molar-refractivity contribution in [3.63, 3.8) is 0 Å². The number of carboxylic acid groups (broad SMARTS) is 1. The fourth-order valence-corrected chi connectivity index (χ4v) is 4.64. The van der Waals surface area contributed by atoms with Gasteiger partial charge >= 0.3 is 5.97 Å². The molecular formula is C29H23FN4O3. The molecule has 4 aromatic rings. The lowest BCUT2D eigenvalue weighted by molar-refractivity contribution is -0.131. The highest BCUT2D eigenvalue weighted by atomic mass is 19.1. The van der Waals surface area contributed by atoms with E-state index in [0.29, 0.717) is 17.0 Å². The Morgan fingerprint density at radius 1 is 1.22 bits per heavy atom. The highest BCUT2D eigenvalue weighted by molar-refractivity contribution is 6.04. The van der Waals surface area contributed by atoms with Crippen LogP contribution < -0.4 is 4.74 Å². The molecule has 0 radical (unpaired) electrons. The molecule has 8 heteroatoms. The van der Waals surface area contributed by atoms with Crippen LogP contribution in [0.5, 0.6) is 5.88 Å². The first-order chi connectivity index (χ1) is 17.9. The number of nitrogens with zero attached hydrogens (tertiary/aromatic N) is 3. The molecule has 2 aromatic carbocycles. The number of ether oxygens (including phenoxy) is 1. The standard InChI is InChI=1S/C29H23FN4O3/c1-16-13-24(37-2)32-15-22(16)27(19-8-9-19)26(18-6-3-17(4-7-18)5-12-25(35)36)20-10-11-23-28(21(20)14-31)29(30)34-33-23/h3-7,10-13,15,19H,8-9H2,1-2H3,(H,33,34)(H,35,36). The second kappa shape index (κ2) is 9.70. The van der Waals surface area contributed by atoms with Crippen LogP contribution in [0.1, 0.15) is 46.2 Å². The molecule has 0 bridgehead atoms. The minimum Gasteiger partial charge on any atom is -0.481 e. The van der Waals surface area contributed by atoms with Crippen LogP contribution in [0.2, 0.25) is 0 Å². The number of nitriles is 1. The Morgan fingerprint density at radius 3 is 2.59 bits per heavy atom. The van der Waals surface area contributed by atoms with Gasteiger partial charge in [0.25, 0.3) is 0 Å². The van der Waals surface area contributed by atoms with Crippen molar-refractivity contribution >= 4 is 34.1 Å². The summed E-state index contributed by atoms with van der Waals surface area (Å²) in [7, 11) is 1.57. The molecule has 0 unspecified atom stereocenters. The van der Waals surface area contributed by atoms with Crippen LogP contribution in [0.15, 0.2) is 54.7 Å². The maximum atomic E-state index is 14.7. The number of benzene rings is 2. The van der Waals surface area contributed by atoms with Crippen molar-refractivity contribution in [2.75, 3.05) is 7.11 Å². The van der Waals surface area contributed by atoms with E-state index in [1.165, 1.54) is 6.08 Å². The Kier molecular flexibility index (Phi) is 6.28. The molecule has 0 aliphatic heterocycles. The molecule has 1 saturated carbocycles. The summed E-state index contributed by atoms with van der Waals surface area (Å²) < 4.78 is 20.0. The smallest absolute Gasteiger partial charge is 0.328 e. The zero-order valence-electron chi connectivity index (χ0n) is 20.2.